The molecule has 0 amide bonds. The van der Waals surface area contributed by atoms with Gasteiger partial charge in [-0.2, -0.15) is 5.26 Å². The maximum atomic E-state index is 11.5. The molecule has 0 heterocycles. The number of sulfone groups is 1. The number of hydrogen-bond acceptors (Lipinski definition) is 3. The molecule has 0 aromatic heterocycles. The van der Waals surface area contributed by atoms with Crippen LogP contribution >= 0.6 is 0 Å². The van der Waals surface area contributed by atoms with Gasteiger partial charge in [-0.15, -0.1) is 0 Å². The monoisotopic (exact) mass is 208 g/mol. The predicted octanol–water partition coefficient (Wildman–Crippen LogP) is 1.56. The van der Waals surface area contributed by atoms with Crippen LogP contribution < -0.4 is 0 Å². The molecule has 1 aromatic rings. The lowest BCUT2D eigenvalue weighted by Gasteiger charge is -2.01. The summed E-state index contributed by atoms with van der Waals surface area (Å²) in [7, 11) is -3.21. The lowest BCUT2D eigenvalue weighted by atomic mass is 10.2. The van der Waals surface area contributed by atoms with E-state index in [2.05, 4.69) is 6.92 Å². The van der Waals surface area contributed by atoms with Crippen LogP contribution in [-0.2, 0) is 9.84 Å². The van der Waals surface area contributed by atoms with Crippen molar-refractivity contribution in [3.63, 3.8) is 0 Å². The van der Waals surface area contributed by atoms with Gasteiger partial charge in [-0.05, 0) is 30.7 Å². The minimum atomic E-state index is -3.21. The molecular weight excluding hydrogens is 198 g/mol. The van der Waals surface area contributed by atoms with Crippen LogP contribution in [0.25, 0.3) is 0 Å². The molecule has 0 fully saturated rings. The summed E-state index contributed by atoms with van der Waals surface area (Å²) >= 11 is 0. The quantitative estimate of drug-likeness (QED) is 0.757. The first-order valence-electron chi connectivity index (χ1n) is 4.12. The van der Waals surface area contributed by atoms with Gasteiger partial charge in [0, 0.05) is 0 Å². The number of nitrogens with zero attached hydrogens (tertiary/aromatic N) is 1. The minimum Gasteiger partial charge on any atom is -0.224 e. The molecule has 0 spiro atoms. The molecule has 0 saturated heterocycles. The van der Waals surface area contributed by atoms with Crippen LogP contribution in [0, 0.1) is 18.3 Å². The fourth-order valence-corrected chi connectivity index (χ4v) is 2.21. The van der Waals surface area contributed by atoms with Gasteiger partial charge >= 0.3 is 0 Å². The third-order valence-electron chi connectivity index (χ3n) is 1.76. The second-order valence-corrected chi connectivity index (χ2v) is 4.92. The molecule has 0 N–H and O–H groups in total. The maximum Gasteiger partial charge on any atom is 0.178 e. The third-order valence-corrected chi connectivity index (χ3v) is 3.57. The van der Waals surface area contributed by atoms with E-state index in [1.807, 2.05) is 6.07 Å². The molecule has 1 rings (SSSR count). The SMILES string of the molecule is [CH2]CCS(=O)(=O)c1ccc(C#N)cc1. The van der Waals surface area contributed by atoms with Gasteiger partial charge in [0.2, 0.25) is 0 Å². The summed E-state index contributed by atoms with van der Waals surface area (Å²) in [5.74, 6) is 0.0406. The van der Waals surface area contributed by atoms with Gasteiger partial charge in [0.25, 0.3) is 0 Å². The Morgan fingerprint density at radius 3 is 2.29 bits per heavy atom. The highest BCUT2D eigenvalue weighted by Crippen LogP contribution is 2.12. The third kappa shape index (κ3) is 2.33. The number of hydrogen-bond donors (Lipinski definition) is 0. The first kappa shape index (κ1) is 10.7. The molecule has 0 aliphatic carbocycles. The van der Waals surface area contributed by atoms with E-state index in [0.29, 0.717) is 12.0 Å². The second-order valence-electron chi connectivity index (χ2n) is 2.81. The van der Waals surface area contributed by atoms with Crippen LogP contribution in [0.3, 0.4) is 0 Å². The molecule has 0 atom stereocenters. The van der Waals surface area contributed by atoms with Crippen LogP contribution in [0.4, 0.5) is 0 Å². The average Bonchev–Trinajstić information content (AvgIpc) is 2.18. The van der Waals surface area contributed by atoms with Crippen molar-refractivity contribution in [3.8, 4) is 6.07 Å². The lowest BCUT2D eigenvalue weighted by molar-refractivity contribution is 0.595. The van der Waals surface area contributed by atoms with Gasteiger partial charge in [0.1, 0.15) is 0 Å². The zero-order valence-corrected chi connectivity index (χ0v) is 8.42. The number of rotatable bonds is 3. The van der Waals surface area contributed by atoms with Crippen molar-refractivity contribution >= 4 is 9.84 Å². The molecule has 1 radical (unpaired) electrons. The fourth-order valence-electron chi connectivity index (χ4n) is 1.04. The van der Waals surface area contributed by atoms with E-state index in [9.17, 15) is 8.42 Å². The smallest absolute Gasteiger partial charge is 0.178 e. The predicted molar refractivity (Wildman–Crippen MR) is 53.2 cm³/mol. The van der Waals surface area contributed by atoms with Gasteiger partial charge < -0.3 is 0 Å². The topological polar surface area (TPSA) is 57.9 Å². The summed E-state index contributed by atoms with van der Waals surface area (Å²) < 4.78 is 23.0. The zero-order valence-electron chi connectivity index (χ0n) is 7.60. The Bertz CT molecular complexity index is 440. The van der Waals surface area contributed by atoms with E-state index in [0.717, 1.165) is 0 Å². The summed E-state index contributed by atoms with van der Waals surface area (Å²) in [6.07, 6.45) is 0.350. The zero-order chi connectivity index (χ0) is 10.6. The van der Waals surface area contributed by atoms with Gasteiger partial charge in [0.15, 0.2) is 9.84 Å². The summed E-state index contributed by atoms with van der Waals surface area (Å²) in [5.41, 5.74) is 0.457. The van der Waals surface area contributed by atoms with Gasteiger partial charge in [0.05, 0.1) is 22.3 Å². The molecule has 0 aliphatic heterocycles. The van der Waals surface area contributed by atoms with Crippen LogP contribution in [0.5, 0.6) is 0 Å². The normalized spacial score (nSPS) is 10.9. The lowest BCUT2D eigenvalue weighted by Crippen LogP contribution is -2.05. The summed E-state index contributed by atoms with van der Waals surface area (Å²) in [4.78, 5) is 0.250. The van der Waals surface area contributed by atoms with Crippen molar-refractivity contribution in [1.82, 2.24) is 0 Å². The molecule has 4 heteroatoms. The second kappa shape index (κ2) is 4.25. The average molecular weight is 208 g/mol. The number of benzene rings is 1. The Balaban J connectivity index is 3.05. The van der Waals surface area contributed by atoms with Crippen molar-refractivity contribution in [2.24, 2.45) is 0 Å². The fraction of sp³-hybridized carbons (Fsp3) is 0.200. The largest absolute Gasteiger partial charge is 0.224 e. The molecule has 0 bridgehead atoms. The van der Waals surface area contributed by atoms with Crippen molar-refractivity contribution in [2.45, 2.75) is 11.3 Å². The molecule has 0 saturated carbocycles. The Morgan fingerprint density at radius 1 is 1.29 bits per heavy atom. The Labute approximate surface area is 83.9 Å². The standard InChI is InChI=1S/C10H10NO2S/c1-2-7-14(12,13)10-5-3-9(8-11)4-6-10/h3-6H,1-2,7H2. The van der Waals surface area contributed by atoms with Crippen molar-refractivity contribution < 1.29 is 8.42 Å². The van der Waals surface area contributed by atoms with E-state index in [1.54, 1.807) is 0 Å². The molecule has 3 nitrogen and oxygen atoms in total. The highest BCUT2D eigenvalue weighted by molar-refractivity contribution is 7.91. The summed E-state index contributed by atoms with van der Waals surface area (Å²) in [6.45, 7) is 3.50. The highest BCUT2D eigenvalue weighted by Gasteiger charge is 2.12. The first-order valence-corrected chi connectivity index (χ1v) is 5.77. The van der Waals surface area contributed by atoms with Crippen LogP contribution in [0.2, 0.25) is 0 Å². The Kier molecular flexibility index (Phi) is 3.26. The van der Waals surface area contributed by atoms with E-state index in [4.69, 9.17) is 5.26 Å². The van der Waals surface area contributed by atoms with E-state index < -0.39 is 9.84 Å². The van der Waals surface area contributed by atoms with Crippen molar-refractivity contribution in [2.75, 3.05) is 5.75 Å². The van der Waals surface area contributed by atoms with Gasteiger partial charge in [-0.3, -0.25) is 0 Å². The Hall–Kier alpha value is -1.34. The maximum absolute atomic E-state index is 11.5. The van der Waals surface area contributed by atoms with Crippen molar-refractivity contribution in [1.29, 1.82) is 5.26 Å². The van der Waals surface area contributed by atoms with Crippen LogP contribution in [0.1, 0.15) is 12.0 Å². The Morgan fingerprint density at radius 2 is 1.86 bits per heavy atom. The van der Waals surface area contributed by atoms with Crippen molar-refractivity contribution in [3.05, 3.63) is 36.8 Å². The molecule has 14 heavy (non-hydrogen) atoms. The number of nitriles is 1. The van der Waals surface area contributed by atoms with Crippen LogP contribution in [0.15, 0.2) is 29.2 Å². The van der Waals surface area contributed by atoms with E-state index in [1.165, 1.54) is 24.3 Å². The molecular formula is C10H10NO2S. The highest BCUT2D eigenvalue weighted by atomic mass is 32.2. The van der Waals surface area contributed by atoms with E-state index in [-0.39, 0.29) is 10.6 Å². The first-order chi connectivity index (χ1) is 6.60. The summed E-state index contributed by atoms with van der Waals surface area (Å²) in [5, 5.41) is 8.53. The molecule has 73 valence electrons. The molecule has 1 aromatic carbocycles. The minimum absolute atomic E-state index is 0.0406. The van der Waals surface area contributed by atoms with Gasteiger partial charge in [-0.1, -0.05) is 6.92 Å². The summed E-state index contributed by atoms with van der Waals surface area (Å²) in [6, 6.07) is 7.82. The molecule has 0 aliphatic rings. The van der Waals surface area contributed by atoms with Crippen LogP contribution in [-0.4, -0.2) is 14.2 Å². The van der Waals surface area contributed by atoms with E-state index >= 15 is 0 Å². The van der Waals surface area contributed by atoms with Gasteiger partial charge in [-0.25, -0.2) is 8.42 Å². The molecule has 0 unspecified atom stereocenters.